The van der Waals surface area contributed by atoms with Crippen molar-refractivity contribution in [1.29, 1.82) is 0 Å². The van der Waals surface area contributed by atoms with Crippen molar-refractivity contribution in [1.82, 2.24) is 19.7 Å². The Labute approximate surface area is 191 Å². The highest BCUT2D eigenvalue weighted by Crippen LogP contribution is 2.23. The molecule has 0 spiro atoms. The van der Waals surface area contributed by atoms with Gasteiger partial charge in [0.1, 0.15) is 0 Å². The van der Waals surface area contributed by atoms with Gasteiger partial charge < -0.3 is 15.0 Å². The summed E-state index contributed by atoms with van der Waals surface area (Å²) in [5.74, 6) is 0.557. The molecule has 7 nitrogen and oxygen atoms in total. The third-order valence-electron chi connectivity index (χ3n) is 6.08. The number of nitrogens with zero attached hydrogens (tertiary/aromatic N) is 5. The predicted molar refractivity (Wildman–Crippen MR) is 131 cm³/mol. The molecule has 0 amide bonds. The van der Waals surface area contributed by atoms with Gasteiger partial charge in [0.15, 0.2) is 5.65 Å². The minimum absolute atomic E-state index is 0.557. The molecule has 1 aliphatic heterocycles. The third kappa shape index (κ3) is 3.99. The SMILES string of the molecule is c1ccc2c(Cn3ncc4cnc(Nc5ccc(N6CCOCC6)cc5)nc43)cccc2c1. The second kappa shape index (κ2) is 8.52. The minimum Gasteiger partial charge on any atom is -0.378 e. The van der Waals surface area contributed by atoms with Gasteiger partial charge in [-0.05, 0) is 40.6 Å². The van der Waals surface area contributed by atoms with E-state index in [1.165, 1.54) is 22.0 Å². The monoisotopic (exact) mass is 436 g/mol. The van der Waals surface area contributed by atoms with E-state index in [0.29, 0.717) is 12.5 Å². The molecule has 0 atom stereocenters. The van der Waals surface area contributed by atoms with Gasteiger partial charge in [0.05, 0.1) is 31.3 Å². The lowest BCUT2D eigenvalue weighted by atomic mass is 10.0. The number of hydrogen-bond acceptors (Lipinski definition) is 6. The van der Waals surface area contributed by atoms with Crippen LogP contribution in [0.1, 0.15) is 5.56 Å². The molecule has 0 bridgehead atoms. The zero-order chi connectivity index (χ0) is 22.0. The van der Waals surface area contributed by atoms with Crippen LogP contribution in [0.15, 0.2) is 79.1 Å². The standard InChI is InChI=1S/C26H24N6O/c1-2-7-24-19(4-1)5-3-6-20(24)18-32-25-21(17-28-32)16-27-26(30-25)29-22-8-10-23(11-9-22)31-12-14-33-15-13-31/h1-11,16-17H,12-15,18H2,(H,27,29,30). The fourth-order valence-corrected chi connectivity index (χ4v) is 4.34. The van der Waals surface area contributed by atoms with Crippen molar-refractivity contribution in [2.24, 2.45) is 0 Å². The quantitative estimate of drug-likeness (QED) is 0.434. The number of ether oxygens (including phenoxy) is 1. The number of morpholine rings is 1. The van der Waals surface area contributed by atoms with Crippen LogP contribution in [0.25, 0.3) is 21.8 Å². The Balaban J connectivity index is 1.25. The average molecular weight is 437 g/mol. The summed E-state index contributed by atoms with van der Waals surface area (Å²) in [4.78, 5) is 11.6. The maximum atomic E-state index is 5.44. The molecule has 164 valence electrons. The summed E-state index contributed by atoms with van der Waals surface area (Å²) in [5, 5.41) is 11.3. The van der Waals surface area contributed by atoms with Crippen LogP contribution in [0, 0.1) is 0 Å². The van der Waals surface area contributed by atoms with Crippen LogP contribution in [0.2, 0.25) is 0 Å². The first-order valence-electron chi connectivity index (χ1n) is 11.2. The van der Waals surface area contributed by atoms with E-state index >= 15 is 0 Å². The summed E-state index contributed by atoms with van der Waals surface area (Å²) in [6, 6.07) is 23.2. The summed E-state index contributed by atoms with van der Waals surface area (Å²) in [7, 11) is 0. The smallest absolute Gasteiger partial charge is 0.229 e. The van der Waals surface area contributed by atoms with Crippen LogP contribution < -0.4 is 10.2 Å². The Morgan fingerprint density at radius 3 is 2.55 bits per heavy atom. The van der Waals surface area contributed by atoms with Gasteiger partial charge in [0, 0.05) is 30.7 Å². The minimum atomic E-state index is 0.557. The van der Waals surface area contributed by atoms with E-state index < -0.39 is 0 Å². The van der Waals surface area contributed by atoms with E-state index in [1.807, 2.05) is 17.1 Å². The van der Waals surface area contributed by atoms with Crippen LogP contribution >= 0.6 is 0 Å². The first-order chi connectivity index (χ1) is 16.3. The Hall–Kier alpha value is -3.97. The number of hydrogen-bond donors (Lipinski definition) is 1. The van der Waals surface area contributed by atoms with Gasteiger partial charge >= 0.3 is 0 Å². The fourth-order valence-electron chi connectivity index (χ4n) is 4.34. The summed E-state index contributed by atoms with van der Waals surface area (Å²) in [5.41, 5.74) is 4.18. The summed E-state index contributed by atoms with van der Waals surface area (Å²) < 4.78 is 7.38. The largest absolute Gasteiger partial charge is 0.378 e. The van der Waals surface area contributed by atoms with Crippen molar-refractivity contribution < 1.29 is 4.74 Å². The number of rotatable bonds is 5. The highest BCUT2D eigenvalue weighted by atomic mass is 16.5. The van der Waals surface area contributed by atoms with Gasteiger partial charge in [0.25, 0.3) is 0 Å². The van der Waals surface area contributed by atoms with Crippen molar-refractivity contribution >= 4 is 39.1 Å². The van der Waals surface area contributed by atoms with Crippen LogP contribution in [0.4, 0.5) is 17.3 Å². The van der Waals surface area contributed by atoms with E-state index in [0.717, 1.165) is 43.0 Å². The molecule has 0 radical (unpaired) electrons. The van der Waals surface area contributed by atoms with E-state index in [4.69, 9.17) is 9.72 Å². The van der Waals surface area contributed by atoms with Crippen LogP contribution in [-0.2, 0) is 11.3 Å². The van der Waals surface area contributed by atoms with Gasteiger partial charge in [-0.15, -0.1) is 0 Å². The topological polar surface area (TPSA) is 68.1 Å². The van der Waals surface area contributed by atoms with Gasteiger partial charge in [-0.2, -0.15) is 10.1 Å². The Bertz CT molecular complexity index is 1400. The second-order valence-corrected chi connectivity index (χ2v) is 8.18. The van der Waals surface area contributed by atoms with Gasteiger partial charge in [0.2, 0.25) is 5.95 Å². The molecule has 1 N–H and O–H groups in total. The molecule has 2 aromatic heterocycles. The highest BCUT2D eigenvalue weighted by Gasteiger charge is 2.12. The van der Waals surface area contributed by atoms with Crippen molar-refractivity contribution in [3.63, 3.8) is 0 Å². The predicted octanol–water partition coefficient (Wildman–Crippen LogP) is 4.61. The molecule has 7 heteroatoms. The van der Waals surface area contributed by atoms with E-state index in [1.54, 1.807) is 0 Å². The second-order valence-electron chi connectivity index (χ2n) is 8.18. The Kier molecular flexibility index (Phi) is 5.08. The number of aromatic nitrogens is 4. The lowest BCUT2D eigenvalue weighted by molar-refractivity contribution is 0.122. The zero-order valence-corrected chi connectivity index (χ0v) is 18.2. The van der Waals surface area contributed by atoms with Crippen LogP contribution in [0.5, 0.6) is 0 Å². The zero-order valence-electron chi connectivity index (χ0n) is 18.2. The van der Waals surface area contributed by atoms with Crippen LogP contribution in [-0.4, -0.2) is 46.1 Å². The molecule has 6 rings (SSSR count). The summed E-state index contributed by atoms with van der Waals surface area (Å²) in [6.45, 7) is 4.05. The number of anilines is 3. The first kappa shape index (κ1) is 19.7. The molecule has 1 fully saturated rings. The normalized spacial score (nSPS) is 14.1. The summed E-state index contributed by atoms with van der Waals surface area (Å²) in [6.07, 6.45) is 3.64. The number of benzene rings is 3. The molecule has 5 aromatic rings. The van der Waals surface area contributed by atoms with E-state index in [2.05, 4.69) is 87.0 Å². The van der Waals surface area contributed by atoms with Gasteiger partial charge in [-0.25, -0.2) is 9.67 Å². The molecular weight excluding hydrogens is 412 g/mol. The van der Waals surface area contributed by atoms with Gasteiger partial charge in [-0.3, -0.25) is 0 Å². The average Bonchev–Trinajstić information content (AvgIpc) is 3.27. The maximum absolute atomic E-state index is 5.44. The lowest BCUT2D eigenvalue weighted by Gasteiger charge is -2.28. The molecule has 0 unspecified atom stereocenters. The molecular formula is C26H24N6O. The third-order valence-corrected chi connectivity index (χ3v) is 6.08. The fraction of sp³-hybridized carbons (Fsp3) is 0.192. The maximum Gasteiger partial charge on any atom is 0.229 e. The molecule has 3 heterocycles. The molecule has 3 aromatic carbocycles. The Morgan fingerprint density at radius 2 is 1.67 bits per heavy atom. The highest BCUT2D eigenvalue weighted by molar-refractivity contribution is 5.86. The number of fused-ring (bicyclic) bond motifs is 2. The van der Waals surface area contributed by atoms with E-state index in [-0.39, 0.29) is 0 Å². The molecule has 0 saturated carbocycles. The van der Waals surface area contributed by atoms with Crippen molar-refractivity contribution in [2.75, 3.05) is 36.5 Å². The van der Waals surface area contributed by atoms with E-state index in [9.17, 15) is 0 Å². The molecule has 1 aliphatic rings. The lowest BCUT2D eigenvalue weighted by Crippen LogP contribution is -2.36. The van der Waals surface area contributed by atoms with Gasteiger partial charge in [-0.1, -0.05) is 42.5 Å². The van der Waals surface area contributed by atoms with Crippen molar-refractivity contribution in [3.05, 3.63) is 84.7 Å². The molecule has 1 saturated heterocycles. The van der Waals surface area contributed by atoms with Crippen molar-refractivity contribution in [3.8, 4) is 0 Å². The first-order valence-corrected chi connectivity index (χ1v) is 11.2. The van der Waals surface area contributed by atoms with Crippen LogP contribution in [0.3, 0.4) is 0 Å². The van der Waals surface area contributed by atoms with Crippen molar-refractivity contribution in [2.45, 2.75) is 6.54 Å². The number of nitrogens with one attached hydrogen (secondary N) is 1. The molecule has 0 aliphatic carbocycles. The molecule has 33 heavy (non-hydrogen) atoms. The Morgan fingerprint density at radius 1 is 0.848 bits per heavy atom. The summed E-state index contributed by atoms with van der Waals surface area (Å²) >= 11 is 0.